The van der Waals surface area contributed by atoms with E-state index < -0.39 is 0 Å². The van der Waals surface area contributed by atoms with Gasteiger partial charge in [-0.2, -0.15) is 0 Å². The molecule has 0 aromatic carbocycles. The quantitative estimate of drug-likeness (QED) is 0.507. The molecule has 3 unspecified atom stereocenters. The molecule has 0 radical (unpaired) electrons. The zero-order chi connectivity index (χ0) is 12.0. The molecule has 4 bridgehead atoms. The Balaban J connectivity index is 0.000000113. The molecule has 5 aliphatic carbocycles. The maximum Gasteiger partial charge on any atom is -0.0149 e. The Bertz CT molecular complexity index is 369. The van der Waals surface area contributed by atoms with Gasteiger partial charge < -0.3 is 0 Å². The van der Waals surface area contributed by atoms with Crippen LogP contribution in [0.5, 0.6) is 0 Å². The van der Waals surface area contributed by atoms with Gasteiger partial charge in [-0.3, -0.25) is 0 Å². The molecular formula is C17H26. The van der Waals surface area contributed by atoms with Crippen LogP contribution in [-0.2, 0) is 0 Å². The third-order valence-electron chi connectivity index (χ3n) is 5.91. The van der Waals surface area contributed by atoms with Crippen LogP contribution in [0, 0.1) is 23.2 Å². The summed E-state index contributed by atoms with van der Waals surface area (Å²) in [4.78, 5) is 0. The van der Waals surface area contributed by atoms with E-state index in [9.17, 15) is 0 Å². The lowest BCUT2D eigenvalue weighted by molar-refractivity contribution is -0.00579. The van der Waals surface area contributed by atoms with Crippen molar-refractivity contribution in [3.63, 3.8) is 0 Å². The molecule has 0 heterocycles. The first kappa shape index (κ1) is 11.6. The molecule has 3 atom stereocenters. The number of fused-ring (bicyclic) bond motifs is 3. The Morgan fingerprint density at radius 3 is 2.24 bits per heavy atom. The number of hydrogen-bond acceptors (Lipinski definition) is 0. The first-order valence-electron chi connectivity index (χ1n) is 7.42. The van der Waals surface area contributed by atoms with Crippen molar-refractivity contribution < 1.29 is 0 Å². The van der Waals surface area contributed by atoms with E-state index in [0.29, 0.717) is 5.41 Å². The first-order chi connectivity index (χ1) is 8.07. The molecule has 5 rings (SSSR count). The highest BCUT2D eigenvalue weighted by Gasteiger charge is 2.49. The lowest BCUT2D eigenvalue weighted by atomic mass is 9.49. The fraction of sp³-hybridized carbons (Fsp3) is 0.765. The third kappa shape index (κ3) is 1.90. The third-order valence-corrected chi connectivity index (χ3v) is 5.91. The summed E-state index contributed by atoms with van der Waals surface area (Å²) in [6.07, 6.45) is 13.4. The van der Waals surface area contributed by atoms with Gasteiger partial charge in [0.05, 0.1) is 0 Å². The van der Waals surface area contributed by atoms with Crippen LogP contribution >= 0.6 is 0 Å². The van der Waals surface area contributed by atoms with Crippen LogP contribution in [0.2, 0.25) is 0 Å². The molecular weight excluding hydrogens is 204 g/mol. The van der Waals surface area contributed by atoms with Crippen molar-refractivity contribution in [2.45, 2.75) is 59.3 Å². The summed E-state index contributed by atoms with van der Waals surface area (Å²) in [5, 5.41) is 0. The molecule has 0 heteroatoms. The Labute approximate surface area is 106 Å². The molecule has 0 aromatic heterocycles. The zero-order valence-corrected chi connectivity index (χ0v) is 11.6. The fourth-order valence-corrected chi connectivity index (χ4v) is 4.34. The van der Waals surface area contributed by atoms with Crippen molar-refractivity contribution in [1.29, 1.82) is 0 Å². The van der Waals surface area contributed by atoms with Crippen molar-refractivity contribution in [2.24, 2.45) is 23.2 Å². The predicted octanol–water partition coefficient (Wildman–Crippen LogP) is 5.12. The molecule has 2 saturated carbocycles. The number of rotatable bonds is 0. The summed E-state index contributed by atoms with van der Waals surface area (Å²) in [5.41, 5.74) is 4.02. The van der Waals surface area contributed by atoms with Gasteiger partial charge in [-0.05, 0) is 68.6 Å². The zero-order valence-electron chi connectivity index (χ0n) is 11.6. The van der Waals surface area contributed by atoms with Crippen molar-refractivity contribution in [3.8, 4) is 0 Å². The van der Waals surface area contributed by atoms with E-state index >= 15 is 0 Å². The van der Waals surface area contributed by atoms with Gasteiger partial charge in [-0.25, -0.2) is 0 Å². The average molecular weight is 230 g/mol. The van der Waals surface area contributed by atoms with Gasteiger partial charge >= 0.3 is 0 Å². The smallest absolute Gasteiger partial charge is 0.0149 e. The highest BCUT2D eigenvalue weighted by molar-refractivity contribution is 5.21. The molecule has 0 nitrogen and oxygen atoms in total. The van der Waals surface area contributed by atoms with Gasteiger partial charge in [0.15, 0.2) is 0 Å². The Kier molecular flexibility index (Phi) is 2.72. The van der Waals surface area contributed by atoms with Crippen molar-refractivity contribution >= 4 is 0 Å². The number of hydrogen-bond donors (Lipinski definition) is 0. The van der Waals surface area contributed by atoms with Gasteiger partial charge in [0.1, 0.15) is 0 Å². The van der Waals surface area contributed by atoms with E-state index in [0.717, 1.165) is 17.8 Å². The highest BCUT2D eigenvalue weighted by Crippen LogP contribution is 2.58. The van der Waals surface area contributed by atoms with Gasteiger partial charge in [0, 0.05) is 0 Å². The van der Waals surface area contributed by atoms with Crippen LogP contribution in [-0.4, -0.2) is 0 Å². The van der Waals surface area contributed by atoms with Crippen LogP contribution in [0.25, 0.3) is 0 Å². The van der Waals surface area contributed by atoms with E-state index in [1.807, 2.05) is 0 Å². The van der Waals surface area contributed by atoms with Gasteiger partial charge in [0.25, 0.3) is 0 Å². The molecule has 5 aliphatic rings. The SMILES string of the molecule is C1=C2CCC(C1)C2.CC1=CCC2CC1C2(C)C. The Hall–Kier alpha value is -0.520. The van der Waals surface area contributed by atoms with Crippen LogP contribution in [0.4, 0.5) is 0 Å². The monoisotopic (exact) mass is 230 g/mol. The lowest BCUT2D eigenvalue weighted by Gasteiger charge is -2.56. The summed E-state index contributed by atoms with van der Waals surface area (Å²) < 4.78 is 0. The largest absolute Gasteiger partial charge is 0.0850 e. The molecule has 0 amide bonds. The molecule has 94 valence electrons. The normalized spacial score (nSPS) is 39.8. The maximum atomic E-state index is 2.43. The average Bonchev–Trinajstić information content (AvgIpc) is 2.93. The molecule has 0 aromatic rings. The summed E-state index contributed by atoms with van der Waals surface area (Å²) >= 11 is 0. The van der Waals surface area contributed by atoms with Gasteiger partial charge in [0.2, 0.25) is 0 Å². The molecule has 17 heavy (non-hydrogen) atoms. The van der Waals surface area contributed by atoms with Crippen LogP contribution in [0.1, 0.15) is 59.3 Å². The minimum absolute atomic E-state index is 0.638. The van der Waals surface area contributed by atoms with Crippen LogP contribution < -0.4 is 0 Å². The topological polar surface area (TPSA) is 0 Å². The van der Waals surface area contributed by atoms with E-state index in [1.54, 1.807) is 11.1 Å². The second-order valence-corrected chi connectivity index (χ2v) is 7.20. The summed E-state index contributed by atoms with van der Waals surface area (Å²) in [7, 11) is 0. The molecule has 0 saturated heterocycles. The Morgan fingerprint density at radius 1 is 1.18 bits per heavy atom. The second kappa shape index (κ2) is 4.00. The summed E-state index contributed by atoms with van der Waals surface area (Å²) in [6, 6.07) is 0. The molecule has 0 aliphatic heterocycles. The van der Waals surface area contributed by atoms with Crippen molar-refractivity contribution in [1.82, 2.24) is 0 Å². The van der Waals surface area contributed by atoms with Crippen molar-refractivity contribution in [2.75, 3.05) is 0 Å². The standard InChI is InChI=1S/C10H16.C7H10/c1-7-4-5-8-6-9(7)10(8,2)3;1-2-7-4-3-6(1)5-7/h4,8-9H,5-6H2,1-3H3;1,7H,2-5H2. The molecule has 2 fully saturated rings. The van der Waals surface area contributed by atoms with E-state index in [4.69, 9.17) is 0 Å². The number of allylic oxidation sites excluding steroid dienone is 4. The van der Waals surface area contributed by atoms with Crippen molar-refractivity contribution in [3.05, 3.63) is 23.3 Å². The van der Waals surface area contributed by atoms with Gasteiger partial charge in [-0.15, -0.1) is 0 Å². The van der Waals surface area contributed by atoms with Crippen LogP contribution in [0.3, 0.4) is 0 Å². The van der Waals surface area contributed by atoms with Gasteiger partial charge in [-0.1, -0.05) is 37.1 Å². The van der Waals surface area contributed by atoms with E-state index in [1.165, 1.54) is 38.5 Å². The maximum absolute atomic E-state index is 2.43. The van der Waals surface area contributed by atoms with E-state index in [2.05, 4.69) is 32.9 Å². The predicted molar refractivity (Wildman–Crippen MR) is 73.8 cm³/mol. The van der Waals surface area contributed by atoms with E-state index in [-0.39, 0.29) is 0 Å². The summed E-state index contributed by atoms with van der Waals surface area (Å²) in [6.45, 7) is 7.13. The Morgan fingerprint density at radius 2 is 2.00 bits per heavy atom. The minimum Gasteiger partial charge on any atom is -0.0850 e. The summed E-state index contributed by atoms with van der Waals surface area (Å²) in [5.74, 6) is 3.00. The minimum atomic E-state index is 0.638. The van der Waals surface area contributed by atoms with Crippen LogP contribution in [0.15, 0.2) is 23.3 Å². The second-order valence-electron chi connectivity index (χ2n) is 7.20. The first-order valence-corrected chi connectivity index (χ1v) is 7.42. The molecule has 0 N–H and O–H groups in total. The highest BCUT2D eigenvalue weighted by atomic mass is 14.5. The lowest BCUT2D eigenvalue weighted by Crippen LogP contribution is -2.47. The fourth-order valence-electron chi connectivity index (χ4n) is 4.34. The molecule has 0 spiro atoms.